The van der Waals surface area contributed by atoms with Crippen molar-refractivity contribution in [3.05, 3.63) is 0 Å². The predicted molar refractivity (Wildman–Crippen MR) is 71.9 cm³/mol. The summed E-state index contributed by atoms with van der Waals surface area (Å²) in [6, 6.07) is -0.453. The standard InChI is InChI=1S/C12H24N2O2S/c1-17-7-6-10(13)11(15)12(16)14-8-9-4-2-3-5-9/h9-11,15H,2-8,13H2,1H3,(H,14,16). The number of aliphatic hydroxyl groups excluding tert-OH is 1. The molecule has 1 amide bonds. The van der Waals surface area contributed by atoms with Gasteiger partial charge in [-0.1, -0.05) is 12.8 Å². The lowest BCUT2D eigenvalue weighted by Gasteiger charge is -2.19. The molecule has 1 saturated carbocycles. The van der Waals surface area contributed by atoms with E-state index in [1.54, 1.807) is 11.8 Å². The Morgan fingerprint density at radius 2 is 2.18 bits per heavy atom. The van der Waals surface area contributed by atoms with Crippen molar-refractivity contribution < 1.29 is 9.90 Å². The second-order valence-corrected chi connectivity index (χ2v) is 5.77. The second kappa shape index (κ2) is 7.95. The van der Waals surface area contributed by atoms with Crippen molar-refractivity contribution in [1.82, 2.24) is 5.32 Å². The zero-order valence-corrected chi connectivity index (χ0v) is 11.3. The van der Waals surface area contributed by atoms with Crippen LogP contribution in [0, 0.1) is 5.92 Å². The van der Waals surface area contributed by atoms with Crippen molar-refractivity contribution in [3.8, 4) is 0 Å². The fourth-order valence-corrected chi connectivity index (χ4v) is 2.68. The Labute approximate surface area is 108 Å². The van der Waals surface area contributed by atoms with E-state index in [1.807, 2.05) is 6.26 Å². The average molecular weight is 260 g/mol. The Balaban J connectivity index is 2.20. The maximum atomic E-state index is 11.7. The van der Waals surface area contributed by atoms with Crippen molar-refractivity contribution >= 4 is 17.7 Å². The highest BCUT2D eigenvalue weighted by molar-refractivity contribution is 7.98. The third-order valence-corrected chi connectivity index (χ3v) is 4.01. The molecule has 1 fully saturated rings. The lowest BCUT2D eigenvalue weighted by atomic mass is 10.1. The minimum absolute atomic E-state index is 0.314. The molecule has 0 saturated heterocycles. The molecule has 100 valence electrons. The van der Waals surface area contributed by atoms with E-state index >= 15 is 0 Å². The Kier molecular flexibility index (Phi) is 6.92. The smallest absolute Gasteiger partial charge is 0.250 e. The molecule has 17 heavy (non-hydrogen) atoms. The monoisotopic (exact) mass is 260 g/mol. The molecular weight excluding hydrogens is 236 g/mol. The number of hydrogen-bond acceptors (Lipinski definition) is 4. The quantitative estimate of drug-likeness (QED) is 0.631. The number of amides is 1. The van der Waals surface area contributed by atoms with Gasteiger partial charge in [0.25, 0.3) is 0 Å². The summed E-state index contributed by atoms with van der Waals surface area (Å²) >= 11 is 1.67. The van der Waals surface area contributed by atoms with Crippen LogP contribution in [0.2, 0.25) is 0 Å². The molecule has 2 unspecified atom stereocenters. The SMILES string of the molecule is CSCCC(N)C(O)C(=O)NCC1CCCC1. The highest BCUT2D eigenvalue weighted by Crippen LogP contribution is 2.23. The molecular formula is C12H24N2O2S. The minimum atomic E-state index is -1.07. The lowest BCUT2D eigenvalue weighted by molar-refractivity contribution is -0.130. The fraction of sp³-hybridized carbons (Fsp3) is 0.917. The normalized spacial score (nSPS) is 20.2. The highest BCUT2D eigenvalue weighted by Gasteiger charge is 2.23. The summed E-state index contributed by atoms with van der Waals surface area (Å²) in [5, 5.41) is 12.5. The molecule has 1 aliphatic rings. The van der Waals surface area contributed by atoms with Crippen LogP contribution in [0.1, 0.15) is 32.1 Å². The summed E-state index contributed by atoms with van der Waals surface area (Å²) in [6.07, 6.45) is 6.48. The van der Waals surface area contributed by atoms with Gasteiger partial charge < -0.3 is 16.2 Å². The van der Waals surface area contributed by atoms with E-state index < -0.39 is 12.1 Å². The Morgan fingerprint density at radius 3 is 2.76 bits per heavy atom. The molecule has 0 aliphatic heterocycles. The van der Waals surface area contributed by atoms with Crippen molar-refractivity contribution in [1.29, 1.82) is 0 Å². The van der Waals surface area contributed by atoms with Crippen LogP contribution in [-0.2, 0) is 4.79 Å². The number of nitrogens with one attached hydrogen (secondary N) is 1. The Hall–Kier alpha value is -0.260. The molecule has 1 aliphatic carbocycles. The van der Waals surface area contributed by atoms with Crippen molar-refractivity contribution in [3.63, 3.8) is 0 Å². The first kappa shape index (κ1) is 14.8. The third-order valence-electron chi connectivity index (χ3n) is 3.37. The van der Waals surface area contributed by atoms with Crippen LogP contribution in [0.15, 0.2) is 0 Å². The highest BCUT2D eigenvalue weighted by atomic mass is 32.2. The van der Waals surface area contributed by atoms with Crippen LogP contribution in [0.5, 0.6) is 0 Å². The van der Waals surface area contributed by atoms with E-state index in [9.17, 15) is 9.90 Å². The summed E-state index contributed by atoms with van der Waals surface area (Å²) < 4.78 is 0. The fourth-order valence-electron chi connectivity index (χ4n) is 2.17. The van der Waals surface area contributed by atoms with E-state index in [1.165, 1.54) is 25.7 Å². The van der Waals surface area contributed by atoms with Gasteiger partial charge in [-0.15, -0.1) is 0 Å². The molecule has 0 spiro atoms. The lowest BCUT2D eigenvalue weighted by Crippen LogP contribution is -2.47. The molecule has 0 radical (unpaired) electrons. The van der Waals surface area contributed by atoms with Gasteiger partial charge in [-0.3, -0.25) is 4.79 Å². The van der Waals surface area contributed by atoms with Gasteiger partial charge in [-0.25, -0.2) is 0 Å². The summed E-state index contributed by atoms with van der Waals surface area (Å²) in [7, 11) is 0. The molecule has 2 atom stereocenters. The molecule has 4 N–H and O–H groups in total. The summed E-state index contributed by atoms with van der Waals surface area (Å²) in [6.45, 7) is 0.686. The first-order valence-electron chi connectivity index (χ1n) is 6.35. The number of aliphatic hydroxyl groups is 1. The Bertz CT molecular complexity index is 233. The van der Waals surface area contributed by atoms with Gasteiger partial charge in [0.15, 0.2) is 0 Å². The van der Waals surface area contributed by atoms with Crippen molar-refractivity contribution in [2.45, 2.75) is 44.2 Å². The number of hydrogen-bond donors (Lipinski definition) is 3. The van der Waals surface area contributed by atoms with Crippen LogP contribution in [0.4, 0.5) is 0 Å². The minimum Gasteiger partial charge on any atom is -0.382 e. The van der Waals surface area contributed by atoms with E-state index in [0.717, 1.165) is 5.75 Å². The van der Waals surface area contributed by atoms with Crippen molar-refractivity contribution in [2.24, 2.45) is 11.7 Å². The first-order valence-corrected chi connectivity index (χ1v) is 7.74. The van der Waals surface area contributed by atoms with Crippen LogP contribution >= 0.6 is 11.8 Å². The van der Waals surface area contributed by atoms with Gasteiger partial charge in [0.2, 0.25) is 5.91 Å². The second-order valence-electron chi connectivity index (χ2n) is 4.79. The maximum Gasteiger partial charge on any atom is 0.250 e. The molecule has 4 nitrogen and oxygen atoms in total. The van der Waals surface area contributed by atoms with Gasteiger partial charge in [0.1, 0.15) is 6.10 Å². The third kappa shape index (κ3) is 5.27. The predicted octanol–water partition coefficient (Wildman–Crippen LogP) is 0.734. The molecule has 0 aromatic rings. The Morgan fingerprint density at radius 1 is 1.53 bits per heavy atom. The molecule has 1 rings (SSSR count). The van der Waals surface area contributed by atoms with Crippen molar-refractivity contribution in [2.75, 3.05) is 18.6 Å². The van der Waals surface area contributed by atoms with Gasteiger partial charge in [-0.2, -0.15) is 11.8 Å². The van der Waals surface area contributed by atoms with E-state index in [2.05, 4.69) is 5.32 Å². The number of thioether (sulfide) groups is 1. The van der Waals surface area contributed by atoms with E-state index in [4.69, 9.17) is 5.73 Å². The molecule has 0 aromatic carbocycles. The zero-order valence-electron chi connectivity index (χ0n) is 10.5. The van der Waals surface area contributed by atoms with Gasteiger partial charge in [-0.05, 0) is 37.2 Å². The van der Waals surface area contributed by atoms with Gasteiger partial charge >= 0.3 is 0 Å². The van der Waals surface area contributed by atoms with E-state index in [-0.39, 0.29) is 5.91 Å². The van der Waals surface area contributed by atoms with Gasteiger partial charge in [0.05, 0.1) is 0 Å². The molecule has 5 heteroatoms. The summed E-state index contributed by atoms with van der Waals surface area (Å²) in [5.74, 6) is 1.15. The van der Waals surface area contributed by atoms with E-state index in [0.29, 0.717) is 18.9 Å². The average Bonchev–Trinajstić information content (AvgIpc) is 2.85. The van der Waals surface area contributed by atoms with Crippen LogP contribution in [-0.4, -0.2) is 41.7 Å². The number of nitrogens with two attached hydrogens (primary N) is 1. The summed E-state index contributed by atoms with van der Waals surface area (Å²) in [4.78, 5) is 11.7. The largest absolute Gasteiger partial charge is 0.382 e. The molecule has 0 bridgehead atoms. The van der Waals surface area contributed by atoms with Crippen LogP contribution in [0.3, 0.4) is 0 Å². The molecule has 0 aromatic heterocycles. The molecule has 0 heterocycles. The maximum absolute atomic E-state index is 11.7. The topological polar surface area (TPSA) is 75.3 Å². The number of rotatable bonds is 7. The number of carbonyl (C=O) groups excluding carboxylic acids is 1. The summed E-state index contributed by atoms with van der Waals surface area (Å²) in [5.41, 5.74) is 5.76. The number of carbonyl (C=O) groups is 1. The van der Waals surface area contributed by atoms with Gasteiger partial charge in [0, 0.05) is 12.6 Å². The van der Waals surface area contributed by atoms with Crippen LogP contribution in [0.25, 0.3) is 0 Å². The zero-order chi connectivity index (χ0) is 12.7. The first-order chi connectivity index (χ1) is 8.15. The van der Waals surface area contributed by atoms with Crippen LogP contribution < -0.4 is 11.1 Å².